The van der Waals surface area contributed by atoms with Crippen LogP contribution in [0.2, 0.25) is 0 Å². The minimum atomic E-state index is -0.0483. The van der Waals surface area contributed by atoms with Crippen molar-refractivity contribution in [1.29, 1.82) is 0 Å². The minimum absolute atomic E-state index is 0.0483. The Morgan fingerprint density at radius 3 is 2.53 bits per heavy atom. The van der Waals surface area contributed by atoms with Crippen LogP contribution in [0.3, 0.4) is 0 Å². The number of hydrogen-bond donors (Lipinski definition) is 1. The summed E-state index contributed by atoms with van der Waals surface area (Å²) < 4.78 is 0. The van der Waals surface area contributed by atoms with E-state index in [1.807, 2.05) is 18.2 Å². The summed E-state index contributed by atoms with van der Waals surface area (Å²) in [4.78, 5) is 0. The maximum atomic E-state index is 6.21. The second-order valence-electron chi connectivity index (χ2n) is 3.79. The monoisotopic (exact) mass is 225 g/mol. The highest BCUT2D eigenvalue weighted by atomic mass is 35.5. The van der Waals surface area contributed by atoms with Crippen LogP contribution < -0.4 is 5.32 Å². The van der Waals surface area contributed by atoms with E-state index < -0.39 is 0 Å². The molecule has 1 unspecified atom stereocenters. The standard InChI is InChI=1S/C13H20ClN/c1-2-3-4-8-11-15-13(14)12-9-6-5-7-10-12/h5-7,9-10,13,15H,2-4,8,11H2,1H3. The number of unbranched alkanes of at least 4 members (excludes halogenated alkanes) is 3. The second-order valence-corrected chi connectivity index (χ2v) is 4.22. The summed E-state index contributed by atoms with van der Waals surface area (Å²) in [7, 11) is 0. The lowest BCUT2D eigenvalue weighted by atomic mass is 10.2. The summed E-state index contributed by atoms with van der Waals surface area (Å²) in [5.41, 5.74) is 1.10. The lowest BCUT2D eigenvalue weighted by Gasteiger charge is -2.11. The fraction of sp³-hybridized carbons (Fsp3) is 0.538. The van der Waals surface area contributed by atoms with Gasteiger partial charge in [0.15, 0.2) is 0 Å². The van der Waals surface area contributed by atoms with E-state index in [9.17, 15) is 0 Å². The van der Waals surface area contributed by atoms with Gasteiger partial charge < -0.3 is 0 Å². The molecule has 0 aromatic heterocycles. The molecule has 0 saturated carbocycles. The van der Waals surface area contributed by atoms with Crippen LogP contribution in [0.4, 0.5) is 0 Å². The van der Waals surface area contributed by atoms with Crippen molar-refractivity contribution in [3.05, 3.63) is 35.9 Å². The summed E-state index contributed by atoms with van der Waals surface area (Å²) in [5, 5.41) is 3.32. The molecule has 84 valence electrons. The summed E-state index contributed by atoms with van der Waals surface area (Å²) in [6.07, 6.45) is 5.11. The molecular formula is C13H20ClN. The Balaban J connectivity index is 2.16. The molecule has 1 rings (SSSR count). The summed E-state index contributed by atoms with van der Waals surface area (Å²) in [6, 6.07) is 10.1. The van der Waals surface area contributed by atoms with Crippen molar-refractivity contribution in [2.24, 2.45) is 0 Å². The van der Waals surface area contributed by atoms with Crippen molar-refractivity contribution in [2.75, 3.05) is 6.54 Å². The normalized spacial score (nSPS) is 12.7. The number of nitrogens with one attached hydrogen (secondary N) is 1. The molecule has 1 nitrogen and oxygen atoms in total. The van der Waals surface area contributed by atoms with E-state index in [4.69, 9.17) is 11.6 Å². The maximum Gasteiger partial charge on any atom is 0.108 e. The Labute approximate surface area is 97.8 Å². The van der Waals surface area contributed by atoms with Crippen molar-refractivity contribution in [1.82, 2.24) is 5.32 Å². The molecule has 0 radical (unpaired) electrons. The Morgan fingerprint density at radius 2 is 1.87 bits per heavy atom. The lowest BCUT2D eigenvalue weighted by molar-refractivity contribution is 0.588. The molecule has 1 aromatic rings. The van der Waals surface area contributed by atoms with Crippen LogP contribution in [0, 0.1) is 0 Å². The van der Waals surface area contributed by atoms with E-state index in [1.54, 1.807) is 0 Å². The molecular weight excluding hydrogens is 206 g/mol. The van der Waals surface area contributed by atoms with Gasteiger partial charge in [-0.05, 0) is 18.5 Å². The first-order valence-electron chi connectivity index (χ1n) is 5.77. The molecule has 0 saturated heterocycles. The van der Waals surface area contributed by atoms with Gasteiger partial charge in [-0.2, -0.15) is 0 Å². The molecule has 0 spiro atoms. The highest BCUT2D eigenvalue weighted by molar-refractivity contribution is 6.20. The number of alkyl halides is 1. The molecule has 0 aliphatic carbocycles. The zero-order chi connectivity index (χ0) is 10.9. The van der Waals surface area contributed by atoms with Gasteiger partial charge in [-0.25, -0.2) is 0 Å². The first-order valence-corrected chi connectivity index (χ1v) is 6.20. The maximum absolute atomic E-state index is 6.21. The molecule has 1 atom stereocenters. The molecule has 1 aromatic carbocycles. The van der Waals surface area contributed by atoms with Crippen molar-refractivity contribution >= 4 is 11.6 Å². The fourth-order valence-corrected chi connectivity index (χ4v) is 1.78. The van der Waals surface area contributed by atoms with Gasteiger partial charge in [-0.15, -0.1) is 11.6 Å². The average molecular weight is 226 g/mol. The smallest absolute Gasteiger partial charge is 0.108 e. The third-order valence-corrected chi connectivity index (χ3v) is 2.85. The molecule has 0 amide bonds. The zero-order valence-corrected chi connectivity index (χ0v) is 10.1. The lowest BCUT2D eigenvalue weighted by Crippen LogP contribution is -2.17. The number of rotatable bonds is 7. The number of hydrogen-bond acceptors (Lipinski definition) is 1. The minimum Gasteiger partial charge on any atom is -0.298 e. The van der Waals surface area contributed by atoms with Crippen molar-refractivity contribution in [2.45, 2.75) is 38.1 Å². The highest BCUT2D eigenvalue weighted by Gasteiger charge is 2.04. The summed E-state index contributed by atoms with van der Waals surface area (Å²) >= 11 is 6.21. The molecule has 0 aliphatic rings. The topological polar surface area (TPSA) is 12.0 Å². The third kappa shape index (κ3) is 5.19. The predicted octanol–water partition coefficient (Wildman–Crippen LogP) is 4.09. The van der Waals surface area contributed by atoms with Crippen molar-refractivity contribution < 1.29 is 0 Å². The van der Waals surface area contributed by atoms with E-state index >= 15 is 0 Å². The van der Waals surface area contributed by atoms with Crippen LogP contribution >= 0.6 is 11.6 Å². The Morgan fingerprint density at radius 1 is 1.13 bits per heavy atom. The molecule has 0 bridgehead atoms. The van der Waals surface area contributed by atoms with E-state index in [0.717, 1.165) is 12.1 Å². The Bertz CT molecular complexity index is 248. The van der Waals surface area contributed by atoms with E-state index in [1.165, 1.54) is 25.7 Å². The van der Waals surface area contributed by atoms with Crippen molar-refractivity contribution in [3.8, 4) is 0 Å². The van der Waals surface area contributed by atoms with E-state index in [2.05, 4.69) is 24.4 Å². The van der Waals surface area contributed by atoms with Gasteiger partial charge >= 0.3 is 0 Å². The largest absolute Gasteiger partial charge is 0.298 e. The van der Waals surface area contributed by atoms with Gasteiger partial charge in [-0.3, -0.25) is 5.32 Å². The Hall–Kier alpha value is -0.530. The van der Waals surface area contributed by atoms with Gasteiger partial charge in [0, 0.05) is 0 Å². The van der Waals surface area contributed by atoms with Crippen molar-refractivity contribution in [3.63, 3.8) is 0 Å². The molecule has 2 heteroatoms. The van der Waals surface area contributed by atoms with E-state index in [0.29, 0.717) is 0 Å². The fourth-order valence-electron chi connectivity index (χ4n) is 1.52. The molecule has 15 heavy (non-hydrogen) atoms. The third-order valence-electron chi connectivity index (χ3n) is 2.45. The van der Waals surface area contributed by atoms with Gasteiger partial charge in [0.25, 0.3) is 0 Å². The predicted molar refractivity (Wildman–Crippen MR) is 67.2 cm³/mol. The quantitative estimate of drug-likeness (QED) is 0.419. The van der Waals surface area contributed by atoms with Crippen LogP contribution in [0.25, 0.3) is 0 Å². The van der Waals surface area contributed by atoms with E-state index in [-0.39, 0.29) is 5.50 Å². The van der Waals surface area contributed by atoms with Crippen LogP contribution in [-0.4, -0.2) is 6.54 Å². The van der Waals surface area contributed by atoms with Gasteiger partial charge in [0.05, 0.1) is 0 Å². The SMILES string of the molecule is CCCCCCNC(Cl)c1ccccc1. The van der Waals surface area contributed by atoms with Gasteiger partial charge in [0.1, 0.15) is 5.50 Å². The molecule has 0 aliphatic heterocycles. The summed E-state index contributed by atoms with van der Waals surface area (Å²) in [5.74, 6) is 0. The van der Waals surface area contributed by atoms with Crippen LogP contribution in [0.1, 0.15) is 43.7 Å². The molecule has 1 N–H and O–H groups in total. The first-order chi connectivity index (χ1) is 7.34. The zero-order valence-electron chi connectivity index (χ0n) is 9.38. The van der Waals surface area contributed by atoms with Crippen LogP contribution in [0.5, 0.6) is 0 Å². The van der Waals surface area contributed by atoms with Gasteiger partial charge in [0.2, 0.25) is 0 Å². The molecule has 0 fully saturated rings. The van der Waals surface area contributed by atoms with Crippen LogP contribution in [-0.2, 0) is 0 Å². The van der Waals surface area contributed by atoms with Crippen LogP contribution in [0.15, 0.2) is 30.3 Å². The number of halogens is 1. The van der Waals surface area contributed by atoms with Gasteiger partial charge in [-0.1, -0.05) is 56.5 Å². The number of benzene rings is 1. The first kappa shape index (κ1) is 12.5. The Kier molecular flexibility index (Phi) is 6.45. The second kappa shape index (κ2) is 7.72. The molecule has 0 heterocycles. The summed E-state index contributed by atoms with van der Waals surface area (Å²) in [6.45, 7) is 3.23. The highest BCUT2D eigenvalue weighted by Crippen LogP contribution is 2.16. The average Bonchev–Trinajstić information content (AvgIpc) is 2.30.